The van der Waals surface area contributed by atoms with Gasteiger partial charge in [-0.25, -0.2) is 4.79 Å². The molecule has 0 radical (unpaired) electrons. The molecule has 16 heavy (non-hydrogen) atoms. The molecule has 0 atom stereocenters. The number of nitrogens with zero attached hydrogens (tertiary/aromatic N) is 2. The van der Waals surface area contributed by atoms with Crippen LogP contribution in [0.5, 0.6) is 0 Å². The van der Waals surface area contributed by atoms with Crippen LogP contribution in [0.1, 0.15) is 45.5 Å². The van der Waals surface area contributed by atoms with Crippen molar-refractivity contribution in [2.45, 2.75) is 39.7 Å². The summed E-state index contributed by atoms with van der Waals surface area (Å²) in [6.45, 7) is 6.04. The van der Waals surface area contributed by atoms with Gasteiger partial charge < -0.3 is 4.42 Å². The van der Waals surface area contributed by atoms with Crippen LogP contribution in [0.4, 0.5) is 0 Å². The first-order valence-corrected chi connectivity index (χ1v) is 4.95. The van der Waals surface area contributed by atoms with Crippen LogP contribution in [-0.4, -0.2) is 21.3 Å². The van der Waals surface area contributed by atoms with E-state index < -0.39 is 11.7 Å². The Balaban J connectivity index is 3.22. The first-order chi connectivity index (χ1) is 7.34. The van der Waals surface area contributed by atoms with E-state index >= 15 is 0 Å². The highest BCUT2D eigenvalue weighted by Crippen LogP contribution is 2.15. The average Bonchev–Trinajstić information content (AvgIpc) is 2.45. The molecule has 0 saturated carbocycles. The second-order valence-corrected chi connectivity index (χ2v) is 3.90. The van der Waals surface area contributed by atoms with E-state index in [0.717, 1.165) is 4.68 Å². The van der Waals surface area contributed by atoms with Gasteiger partial charge in [0.25, 0.3) is 0 Å². The minimum absolute atomic E-state index is 0.126. The van der Waals surface area contributed by atoms with Crippen molar-refractivity contribution in [2.24, 2.45) is 0 Å². The summed E-state index contributed by atoms with van der Waals surface area (Å²) in [6.07, 6.45) is 0. The fourth-order valence-electron chi connectivity index (χ4n) is 1.38. The minimum atomic E-state index is -1.08. The lowest BCUT2D eigenvalue weighted by Gasteiger charge is -2.04. The lowest BCUT2D eigenvalue weighted by Crippen LogP contribution is -2.19. The summed E-state index contributed by atoms with van der Waals surface area (Å²) in [4.78, 5) is 33.8. The van der Waals surface area contributed by atoms with Crippen molar-refractivity contribution in [2.75, 3.05) is 0 Å². The van der Waals surface area contributed by atoms with Gasteiger partial charge in [-0.3, -0.25) is 9.59 Å². The molecule has 0 saturated heterocycles. The van der Waals surface area contributed by atoms with Gasteiger partial charge in [-0.1, -0.05) is 0 Å². The van der Waals surface area contributed by atoms with E-state index in [0.29, 0.717) is 0 Å². The number of hydrogen-bond acceptors (Lipinski definition) is 5. The molecule has 0 aromatic carbocycles. The lowest BCUT2D eigenvalue weighted by atomic mass is 10.0. The summed E-state index contributed by atoms with van der Waals surface area (Å²) in [6, 6.07) is -0.176. The molecule has 0 fully saturated rings. The van der Waals surface area contributed by atoms with E-state index in [1.807, 2.05) is 0 Å². The highest BCUT2D eigenvalue weighted by Gasteiger charge is 2.28. The van der Waals surface area contributed by atoms with Crippen LogP contribution in [0.15, 0.2) is 9.21 Å². The molecule has 0 spiro atoms. The molecule has 1 heterocycles. The van der Waals surface area contributed by atoms with Crippen LogP contribution in [0.2, 0.25) is 0 Å². The number of carbonyl (C=O) groups is 2. The van der Waals surface area contributed by atoms with Crippen LogP contribution in [0.3, 0.4) is 0 Å². The Morgan fingerprint density at radius 3 is 2.06 bits per heavy atom. The fraction of sp³-hybridized carbons (Fsp3) is 0.600. The third-order valence-corrected chi connectivity index (χ3v) is 2.13. The Labute approximate surface area is 92.2 Å². The van der Waals surface area contributed by atoms with Crippen molar-refractivity contribution < 1.29 is 14.0 Å². The molecular weight excluding hydrogens is 212 g/mol. The second-order valence-electron chi connectivity index (χ2n) is 3.90. The van der Waals surface area contributed by atoms with Crippen molar-refractivity contribution in [1.82, 2.24) is 9.78 Å². The van der Waals surface area contributed by atoms with Crippen LogP contribution < -0.4 is 5.76 Å². The van der Waals surface area contributed by atoms with E-state index in [1.165, 1.54) is 13.8 Å². The molecule has 0 aliphatic rings. The maximum Gasteiger partial charge on any atom is 0.437 e. The third-order valence-electron chi connectivity index (χ3n) is 2.13. The Morgan fingerprint density at radius 1 is 1.25 bits per heavy atom. The standard InChI is InChI=1S/C10H14N2O4/c1-5(2)12-10(15)16-9(11-12)8(6(3)13)7(4)14/h5,8H,1-4H3. The molecular formula is C10H14N2O4. The van der Waals surface area contributed by atoms with Gasteiger partial charge in [0, 0.05) is 0 Å². The maximum absolute atomic E-state index is 11.3. The molecule has 0 bridgehead atoms. The quantitative estimate of drug-likeness (QED) is 0.705. The fourth-order valence-corrected chi connectivity index (χ4v) is 1.38. The largest absolute Gasteiger partial charge is 0.437 e. The summed E-state index contributed by atoms with van der Waals surface area (Å²) in [5, 5.41) is 3.85. The van der Waals surface area contributed by atoms with Crippen LogP contribution >= 0.6 is 0 Å². The summed E-state index contributed by atoms with van der Waals surface area (Å²) in [7, 11) is 0. The van der Waals surface area contributed by atoms with E-state index in [1.54, 1.807) is 13.8 Å². The summed E-state index contributed by atoms with van der Waals surface area (Å²) in [5.41, 5.74) is 0. The topological polar surface area (TPSA) is 82.2 Å². The Bertz CT molecular complexity index is 455. The normalized spacial score (nSPS) is 11.1. The molecule has 1 rings (SSSR count). The summed E-state index contributed by atoms with van der Waals surface area (Å²) < 4.78 is 5.92. The first kappa shape index (κ1) is 12.4. The minimum Gasteiger partial charge on any atom is -0.391 e. The van der Waals surface area contributed by atoms with Crippen LogP contribution in [0, 0.1) is 0 Å². The lowest BCUT2D eigenvalue weighted by molar-refractivity contribution is -0.127. The molecule has 6 nitrogen and oxygen atoms in total. The number of hydrogen-bond donors (Lipinski definition) is 0. The molecule has 0 aliphatic heterocycles. The SMILES string of the molecule is CC(=O)C(C(C)=O)c1nn(C(C)C)c(=O)o1. The Morgan fingerprint density at radius 2 is 1.75 bits per heavy atom. The van der Waals surface area contributed by atoms with E-state index in [9.17, 15) is 14.4 Å². The molecule has 88 valence electrons. The summed E-state index contributed by atoms with van der Waals surface area (Å²) in [5.74, 6) is -2.63. The van der Waals surface area contributed by atoms with Gasteiger partial charge in [-0.2, -0.15) is 4.68 Å². The number of rotatable bonds is 4. The zero-order valence-electron chi connectivity index (χ0n) is 9.68. The highest BCUT2D eigenvalue weighted by molar-refractivity contribution is 6.04. The molecule has 1 aromatic rings. The first-order valence-electron chi connectivity index (χ1n) is 4.95. The zero-order chi connectivity index (χ0) is 12.5. The van der Waals surface area contributed by atoms with Crippen molar-refractivity contribution in [3.63, 3.8) is 0 Å². The van der Waals surface area contributed by atoms with Gasteiger partial charge in [0.15, 0.2) is 5.92 Å². The van der Waals surface area contributed by atoms with Gasteiger partial charge in [-0.05, 0) is 27.7 Å². The molecule has 6 heteroatoms. The van der Waals surface area contributed by atoms with Crippen molar-refractivity contribution >= 4 is 11.6 Å². The van der Waals surface area contributed by atoms with Crippen molar-refractivity contribution in [3.05, 3.63) is 16.4 Å². The Kier molecular flexibility index (Phi) is 3.41. The zero-order valence-corrected chi connectivity index (χ0v) is 9.68. The predicted octanol–water partition coefficient (Wildman–Crippen LogP) is 0.679. The van der Waals surface area contributed by atoms with Gasteiger partial charge in [0.05, 0.1) is 6.04 Å². The smallest absolute Gasteiger partial charge is 0.391 e. The van der Waals surface area contributed by atoms with Crippen LogP contribution in [0.25, 0.3) is 0 Å². The van der Waals surface area contributed by atoms with Gasteiger partial charge in [0.2, 0.25) is 5.89 Å². The van der Waals surface area contributed by atoms with Crippen molar-refractivity contribution in [3.8, 4) is 0 Å². The second kappa shape index (κ2) is 4.42. The molecule has 0 N–H and O–H groups in total. The summed E-state index contributed by atoms with van der Waals surface area (Å²) >= 11 is 0. The number of Topliss-reactive ketones (excluding diaryl/α,β-unsaturated/α-hetero) is 2. The van der Waals surface area contributed by atoms with Crippen molar-refractivity contribution in [1.29, 1.82) is 0 Å². The number of ketones is 2. The maximum atomic E-state index is 11.3. The van der Waals surface area contributed by atoms with E-state index in [2.05, 4.69) is 5.10 Å². The predicted molar refractivity (Wildman–Crippen MR) is 55.3 cm³/mol. The molecule has 0 unspecified atom stereocenters. The molecule has 0 amide bonds. The number of carbonyl (C=O) groups excluding carboxylic acids is 2. The Hall–Kier alpha value is -1.72. The highest BCUT2D eigenvalue weighted by atomic mass is 16.4. The molecule has 0 aliphatic carbocycles. The monoisotopic (exact) mass is 226 g/mol. The molecule has 1 aromatic heterocycles. The number of aromatic nitrogens is 2. The third kappa shape index (κ3) is 2.26. The van der Waals surface area contributed by atoms with Gasteiger partial charge >= 0.3 is 5.76 Å². The van der Waals surface area contributed by atoms with E-state index in [4.69, 9.17) is 4.42 Å². The van der Waals surface area contributed by atoms with Gasteiger partial charge in [0.1, 0.15) is 11.6 Å². The van der Waals surface area contributed by atoms with Gasteiger partial charge in [-0.15, -0.1) is 5.10 Å². The van der Waals surface area contributed by atoms with E-state index in [-0.39, 0.29) is 23.5 Å². The van der Waals surface area contributed by atoms with Crippen LogP contribution in [-0.2, 0) is 9.59 Å². The average molecular weight is 226 g/mol.